The van der Waals surface area contributed by atoms with Crippen LogP contribution in [0.3, 0.4) is 0 Å². The van der Waals surface area contributed by atoms with Crippen LogP contribution in [0, 0.1) is 0 Å². The summed E-state index contributed by atoms with van der Waals surface area (Å²) in [6, 6.07) is 10.2. The summed E-state index contributed by atoms with van der Waals surface area (Å²) in [6.07, 6.45) is 3.86. The minimum absolute atomic E-state index is 0.0150. The van der Waals surface area contributed by atoms with Gasteiger partial charge in [0.1, 0.15) is 5.82 Å². The highest BCUT2D eigenvalue weighted by atomic mass is 16.5. The standard InChI is InChI=1S/C17H20N6O/c1-23-16-12(10-19-23)15(18)21-17(22-16)20-14(13-8-5-9-24-13)11-6-3-2-4-7-11/h2-4,6-7,10,13-14H,5,8-9H2,1H3,(H3,18,20,21,22)/t13-,14-/m1/s1. The van der Waals surface area contributed by atoms with E-state index in [-0.39, 0.29) is 12.1 Å². The van der Waals surface area contributed by atoms with Gasteiger partial charge in [0, 0.05) is 13.7 Å². The van der Waals surface area contributed by atoms with Crippen molar-refractivity contribution in [1.29, 1.82) is 0 Å². The van der Waals surface area contributed by atoms with Gasteiger partial charge >= 0.3 is 0 Å². The number of nitrogens with zero attached hydrogens (tertiary/aromatic N) is 4. The molecular formula is C17H20N6O. The van der Waals surface area contributed by atoms with Crippen LogP contribution in [0.2, 0.25) is 0 Å². The second kappa shape index (κ2) is 6.09. The van der Waals surface area contributed by atoms with Gasteiger partial charge in [-0.25, -0.2) is 0 Å². The second-order valence-corrected chi connectivity index (χ2v) is 6.02. The van der Waals surface area contributed by atoms with Crippen molar-refractivity contribution in [3.8, 4) is 0 Å². The molecule has 7 heteroatoms. The first-order valence-corrected chi connectivity index (χ1v) is 8.10. The lowest BCUT2D eigenvalue weighted by Gasteiger charge is -2.24. The van der Waals surface area contributed by atoms with Crippen LogP contribution in [0.1, 0.15) is 24.4 Å². The molecule has 2 atom stereocenters. The molecule has 1 saturated heterocycles. The van der Waals surface area contributed by atoms with Crippen LogP contribution in [0.5, 0.6) is 0 Å². The van der Waals surface area contributed by atoms with Crippen LogP contribution in [0.15, 0.2) is 36.5 Å². The molecule has 1 aliphatic heterocycles. The Balaban J connectivity index is 1.70. The molecular weight excluding hydrogens is 304 g/mol. The minimum atomic E-state index is -0.0150. The number of aryl methyl sites for hydroxylation is 1. The van der Waals surface area contributed by atoms with Crippen molar-refractivity contribution in [2.75, 3.05) is 17.7 Å². The maximum Gasteiger partial charge on any atom is 0.227 e. The molecule has 0 spiro atoms. The van der Waals surface area contributed by atoms with Gasteiger partial charge in [0.15, 0.2) is 5.65 Å². The third-order valence-corrected chi connectivity index (χ3v) is 4.40. The summed E-state index contributed by atoms with van der Waals surface area (Å²) in [6.45, 7) is 0.791. The molecule has 1 aromatic carbocycles. The highest BCUT2D eigenvalue weighted by molar-refractivity contribution is 5.86. The van der Waals surface area contributed by atoms with Gasteiger partial charge < -0.3 is 15.8 Å². The number of ether oxygens (including phenoxy) is 1. The van der Waals surface area contributed by atoms with E-state index < -0.39 is 0 Å². The average Bonchev–Trinajstić information content (AvgIpc) is 3.24. The summed E-state index contributed by atoms with van der Waals surface area (Å²) < 4.78 is 7.60. The molecule has 124 valence electrons. The Labute approximate surface area is 139 Å². The van der Waals surface area contributed by atoms with E-state index >= 15 is 0 Å². The molecule has 0 bridgehead atoms. The summed E-state index contributed by atoms with van der Waals surface area (Å²) in [7, 11) is 1.84. The molecule has 1 aliphatic rings. The summed E-state index contributed by atoms with van der Waals surface area (Å²) in [4.78, 5) is 8.97. The summed E-state index contributed by atoms with van der Waals surface area (Å²) in [5, 5.41) is 8.37. The Morgan fingerprint density at radius 3 is 2.88 bits per heavy atom. The van der Waals surface area contributed by atoms with E-state index in [2.05, 4.69) is 32.5 Å². The summed E-state index contributed by atoms with van der Waals surface area (Å²) >= 11 is 0. The fraction of sp³-hybridized carbons (Fsp3) is 0.353. The topological polar surface area (TPSA) is 90.9 Å². The highest BCUT2D eigenvalue weighted by Crippen LogP contribution is 2.30. The van der Waals surface area contributed by atoms with Gasteiger partial charge in [-0.15, -0.1) is 0 Å². The fourth-order valence-electron chi connectivity index (χ4n) is 3.16. The number of anilines is 2. The normalized spacial score (nSPS) is 18.8. The summed E-state index contributed by atoms with van der Waals surface area (Å²) in [5.41, 5.74) is 7.92. The quantitative estimate of drug-likeness (QED) is 0.765. The van der Waals surface area contributed by atoms with Gasteiger partial charge in [0.25, 0.3) is 0 Å². The lowest BCUT2D eigenvalue weighted by molar-refractivity contribution is 0.0952. The number of fused-ring (bicyclic) bond motifs is 1. The predicted molar refractivity (Wildman–Crippen MR) is 92.5 cm³/mol. The smallest absolute Gasteiger partial charge is 0.227 e. The number of hydrogen-bond acceptors (Lipinski definition) is 6. The van der Waals surface area contributed by atoms with E-state index in [0.29, 0.717) is 17.4 Å². The number of aromatic nitrogens is 4. The lowest BCUT2D eigenvalue weighted by Crippen LogP contribution is -2.26. The van der Waals surface area contributed by atoms with Crippen molar-refractivity contribution in [2.24, 2.45) is 7.05 Å². The number of nitrogen functional groups attached to an aromatic ring is 1. The van der Waals surface area contributed by atoms with Crippen molar-refractivity contribution >= 4 is 22.8 Å². The Kier molecular flexibility index (Phi) is 3.78. The molecule has 24 heavy (non-hydrogen) atoms. The van der Waals surface area contributed by atoms with Gasteiger partial charge in [-0.05, 0) is 18.4 Å². The third kappa shape index (κ3) is 2.67. The van der Waals surface area contributed by atoms with Crippen molar-refractivity contribution in [2.45, 2.75) is 25.0 Å². The molecule has 0 radical (unpaired) electrons. The van der Waals surface area contributed by atoms with Crippen LogP contribution >= 0.6 is 0 Å². The van der Waals surface area contributed by atoms with Crippen LogP contribution < -0.4 is 11.1 Å². The highest BCUT2D eigenvalue weighted by Gasteiger charge is 2.28. The van der Waals surface area contributed by atoms with Crippen LogP contribution in [-0.2, 0) is 11.8 Å². The molecule has 3 N–H and O–H groups in total. The SMILES string of the molecule is Cn1ncc2c(N)nc(N[C@H](c3ccccc3)[C@H]3CCCO3)nc21. The first-order valence-electron chi connectivity index (χ1n) is 8.10. The van der Waals surface area contributed by atoms with Crippen LogP contribution in [-0.4, -0.2) is 32.5 Å². The molecule has 0 aliphatic carbocycles. The monoisotopic (exact) mass is 324 g/mol. The van der Waals surface area contributed by atoms with Crippen molar-refractivity contribution in [3.05, 3.63) is 42.1 Å². The zero-order valence-electron chi connectivity index (χ0n) is 13.5. The van der Waals surface area contributed by atoms with E-state index in [0.717, 1.165) is 30.4 Å². The number of rotatable bonds is 4. The molecule has 4 rings (SSSR count). The lowest BCUT2D eigenvalue weighted by atomic mass is 9.99. The first kappa shape index (κ1) is 14.9. The molecule has 7 nitrogen and oxygen atoms in total. The maximum absolute atomic E-state index is 6.06. The maximum atomic E-state index is 6.06. The van der Waals surface area contributed by atoms with Gasteiger partial charge in [-0.1, -0.05) is 30.3 Å². The van der Waals surface area contributed by atoms with Crippen molar-refractivity contribution < 1.29 is 4.74 Å². The largest absolute Gasteiger partial charge is 0.383 e. The van der Waals surface area contributed by atoms with Gasteiger partial charge in [-0.3, -0.25) is 4.68 Å². The van der Waals surface area contributed by atoms with E-state index in [1.165, 1.54) is 0 Å². The predicted octanol–water partition coefficient (Wildman–Crippen LogP) is 2.28. The second-order valence-electron chi connectivity index (χ2n) is 6.02. The van der Waals surface area contributed by atoms with Crippen molar-refractivity contribution in [3.63, 3.8) is 0 Å². The average molecular weight is 324 g/mol. The Hall–Kier alpha value is -2.67. The number of nitrogens with one attached hydrogen (secondary N) is 1. The molecule has 0 amide bonds. The van der Waals surface area contributed by atoms with E-state index in [1.54, 1.807) is 10.9 Å². The molecule has 0 saturated carbocycles. The number of nitrogens with two attached hydrogens (primary N) is 1. The molecule has 3 heterocycles. The molecule has 3 aromatic rings. The zero-order valence-corrected chi connectivity index (χ0v) is 13.5. The van der Waals surface area contributed by atoms with Crippen LogP contribution in [0.4, 0.5) is 11.8 Å². The Morgan fingerprint density at radius 2 is 2.12 bits per heavy atom. The first-order chi connectivity index (χ1) is 11.7. The number of hydrogen-bond donors (Lipinski definition) is 2. The van der Waals surface area contributed by atoms with Gasteiger partial charge in [0.2, 0.25) is 5.95 Å². The van der Waals surface area contributed by atoms with Crippen molar-refractivity contribution in [1.82, 2.24) is 19.7 Å². The van der Waals surface area contributed by atoms with Crippen LogP contribution in [0.25, 0.3) is 11.0 Å². The molecule has 0 unspecified atom stereocenters. The van der Waals surface area contributed by atoms with Gasteiger partial charge in [0.05, 0.1) is 23.7 Å². The van der Waals surface area contributed by atoms with E-state index in [1.807, 2.05) is 25.2 Å². The summed E-state index contributed by atoms with van der Waals surface area (Å²) in [5.74, 6) is 0.919. The van der Waals surface area contributed by atoms with E-state index in [4.69, 9.17) is 10.5 Å². The Morgan fingerprint density at radius 1 is 1.29 bits per heavy atom. The molecule has 1 fully saturated rings. The zero-order chi connectivity index (χ0) is 16.5. The third-order valence-electron chi connectivity index (χ3n) is 4.40. The van der Waals surface area contributed by atoms with E-state index in [9.17, 15) is 0 Å². The fourth-order valence-corrected chi connectivity index (χ4v) is 3.16. The minimum Gasteiger partial charge on any atom is -0.383 e. The Bertz CT molecular complexity index is 841. The number of benzene rings is 1. The van der Waals surface area contributed by atoms with Gasteiger partial charge in [-0.2, -0.15) is 15.1 Å². The molecule has 2 aromatic heterocycles.